The van der Waals surface area contributed by atoms with Gasteiger partial charge in [0.15, 0.2) is 5.66 Å². The molecule has 0 atom stereocenters. The molecule has 22 heavy (non-hydrogen) atoms. The molecule has 1 aliphatic heterocycles. The van der Waals surface area contributed by atoms with E-state index in [2.05, 4.69) is 31.4 Å². The minimum absolute atomic E-state index is 0.0689. The Morgan fingerprint density at radius 2 is 1.95 bits per heavy atom. The molecule has 3 rings (SSSR count). The van der Waals surface area contributed by atoms with E-state index < -0.39 is 5.66 Å². The van der Waals surface area contributed by atoms with Gasteiger partial charge in [-0.05, 0) is 18.2 Å². The van der Waals surface area contributed by atoms with E-state index in [4.69, 9.17) is 6.42 Å². The first kappa shape index (κ1) is 14.1. The van der Waals surface area contributed by atoms with Crippen molar-refractivity contribution in [1.29, 1.82) is 0 Å². The molecule has 2 aromatic rings. The number of hydrogen-bond acceptors (Lipinski definition) is 5. The number of fused-ring (bicyclic) bond motifs is 1. The lowest BCUT2D eigenvalue weighted by molar-refractivity contribution is -0.116. The van der Waals surface area contributed by atoms with Crippen LogP contribution in [0.3, 0.4) is 0 Å². The van der Waals surface area contributed by atoms with Crippen LogP contribution in [0.1, 0.15) is 25.7 Å². The van der Waals surface area contributed by atoms with Crippen LogP contribution in [0.4, 0.5) is 5.69 Å². The van der Waals surface area contributed by atoms with Crippen molar-refractivity contribution in [3.8, 4) is 12.3 Å². The molecule has 1 aromatic carbocycles. The number of nitrogens with zero attached hydrogens (tertiary/aromatic N) is 4. The second-order valence-corrected chi connectivity index (χ2v) is 5.19. The Morgan fingerprint density at radius 3 is 2.68 bits per heavy atom. The Bertz CT molecular complexity index is 771. The highest BCUT2D eigenvalue weighted by Gasteiger charge is 2.39. The predicted molar refractivity (Wildman–Crippen MR) is 83.1 cm³/mol. The van der Waals surface area contributed by atoms with Crippen molar-refractivity contribution in [1.82, 2.24) is 9.97 Å². The largest absolute Gasteiger partial charge is 0.326 e. The summed E-state index contributed by atoms with van der Waals surface area (Å²) in [6.45, 7) is 0. The summed E-state index contributed by atoms with van der Waals surface area (Å²) in [5, 5.41) is 10.9. The lowest BCUT2D eigenvalue weighted by Gasteiger charge is -2.09. The zero-order chi connectivity index (χ0) is 15.4. The van der Waals surface area contributed by atoms with Crippen LogP contribution < -0.4 is 5.32 Å². The fourth-order valence-corrected chi connectivity index (χ4v) is 2.25. The van der Waals surface area contributed by atoms with E-state index in [9.17, 15) is 4.79 Å². The van der Waals surface area contributed by atoms with Gasteiger partial charge in [-0.1, -0.05) is 0 Å². The van der Waals surface area contributed by atoms with E-state index in [1.165, 1.54) is 0 Å². The third kappa shape index (κ3) is 3.26. The van der Waals surface area contributed by atoms with Crippen molar-refractivity contribution < 1.29 is 4.79 Å². The minimum atomic E-state index is -0.418. The molecule has 0 radical (unpaired) electrons. The maximum atomic E-state index is 12.0. The van der Waals surface area contributed by atoms with Gasteiger partial charge in [-0.3, -0.25) is 14.8 Å². The molecule has 1 N–H and O–H groups in total. The van der Waals surface area contributed by atoms with Crippen LogP contribution in [0.2, 0.25) is 0 Å². The average molecular weight is 293 g/mol. The summed E-state index contributed by atoms with van der Waals surface area (Å²) in [5.74, 6) is 2.51. The smallest absolute Gasteiger partial charge is 0.224 e. The van der Waals surface area contributed by atoms with Crippen LogP contribution in [0.5, 0.6) is 0 Å². The normalized spacial score (nSPS) is 14.5. The molecule has 6 nitrogen and oxygen atoms in total. The number of terminal acetylenes is 1. The fourth-order valence-electron chi connectivity index (χ4n) is 2.25. The molecule has 1 aliphatic rings. The van der Waals surface area contributed by atoms with Gasteiger partial charge in [0.05, 0.1) is 11.0 Å². The zero-order valence-electron chi connectivity index (χ0n) is 12.0. The number of hydrogen-bond donors (Lipinski definition) is 1. The van der Waals surface area contributed by atoms with E-state index in [1.54, 1.807) is 18.5 Å². The van der Waals surface area contributed by atoms with E-state index in [0.29, 0.717) is 31.4 Å². The van der Waals surface area contributed by atoms with Gasteiger partial charge in [-0.15, -0.1) is 12.3 Å². The van der Waals surface area contributed by atoms with Crippen molar-refractivity contribution in [3.05, 3.63) is 30.6 Å². The van der Waals surface area contributed by atoms with Crippen LogP contribution in [0.25, 0.3) is 11.0 Å². The average Bonchev–Trinajstić information content (AvgIpc) is 3.31. The Kier molecular flexibility index (Phi) is 3.79. The Balaban J connectivity index is 1.56. The van der Waals surface area contributed by atoms with Gasteiger partial charge in [0.25, 0.3) is 0 Å². The second-order valence-electron chi connectivity index (χ2n) is 5.19. The molecule has 6 heteroatoms. The standard InChI is InChI=1S/C16H15N5O/c1-2-3-7-16(20-21-16)8-6-15(22)19-12-4-5-13-14(11-12)18-10-9-17-13/h1,4-5,9-11H,3,6-8H2,(H,19,22). The first-order valence-electron chi connectivity index (χ1n) is 7.09. The number of nitrogens with one attached hydrogen (secondary N) is 1. The topological polar surface area (TPSA) is 79.6 Å². The molecule has 0 spiro atoms. The number of anilines is 1. The highest BCUT2D eigenvalue weighted by molar-refractivity contribution is 5.92. The van der Waals surface area contributed by atoms with Gasteiger partial charge >= 0.3 is 0 Å². The third-order valence-electron chi connectivity index (χ3n) is 3.56. The number of aromatic nitrogens is 2. The lowest BCUT2D eigenvalue weighted by Crippen LogP contribution is -2.17. The summed E-state index contributed by atoms with van der Waals surface area (Å²) in [5.41, 5.74) is 1.83. The van der Waals surface area contributed by atoms with Crippen molar-refractivity contribution in [3.63, 3.8) is 0 Å². The number of benzene rings is 1. The summed E-state index contributed by atoms with van der Waals surface area (Å²) in [4.78, 5) is 20.4. The highest BCUT2D eigenvalue weighted by Crippen LogP contribution is 2.37. The van der Waals surface area contributed by atoms with Gasteiger partial charge in [-0.2, -0.15) is 10.2 Å². The van der Waals surface area contributed by atoms with Crippen molar-refractivity contribution in [2.45, 2.75) is 31.3 Å². The summed E-state index contributed by atoms with van der Waals surface area (Å²) in [6.07, 6.45) is 10.8. The van der Waals surface area contributed by atoms with Crippen LogP contribution >= 0.6 is 0 Å². The summed E-state index contributed by atoms with van der Waals surface area (Å²) in [7, 11) is 0. The number of carbonyl (C=O) groups excluding carboxylic acids is 1. The first-order valence-corrected chi connectivity index (χ1v) is 7.09. The Hall–Kier alpha value is -2.81. The summed E-state index contributed by atoms with van der Waals surface area (Å²) >= 11 is 0. The monoisotopic (exact) mass is 293 g/mol. The SMILES string of the molecule is C#CCCC1(CCC(=O)Nc2ccc3nccnc3c2)N=N1. The van der Waals surface area contributed by atoms with E-state index in [0.717, 1.165) is 11.0 Å². The molecule has 1 amide bonds. The molecule has 0 saturated carbocycles. The molecule has 0 fully saturated rings. The van der Waals surface area contributed by atoms with E-state index in [-0.39, 0.29) is 5.91 Å². The lowest BCUT2D eigenvalue weighted by atomic mass is 10.0. The molecule has 0 unspecified atom stereocenters. The molecule has 110 valence electrons. The molecule has 0 aliphatic carbocycles. The van der Waals surface area contributed by atoms with Gasteiger partial charge in [-0.25, -0.2) is 0 Å². The van der Waals surface area contributed by atoms with Gasteiger partial charge in [0.2, 0.25) is 5.91 Å². The van der Waals surface area contributed by atoms with Crippen molar-refractivity contribution in [2.75, 3.05) is 5.32 Å². The van der Waals surface area contributed by atoms with Crippen LogP contribution in [0.15, 0.2) is 40.8 Å². The van der Waals surface area contributed by atoms with Crippen molar-refractivity contribution in [2.24, 2.45) is 10.2 Å². The quantitative estimate of drug-likeness (QED) is 0.831. The third-order valence-corrected chi connectivity index (χ3v) is 3.56. The molecule has 1 aromatic heterocycles. The highest BCUT2D eigenvalue weighted by atomic mass is 16.1. The first-order chi connectivity index (χ1) is 10.7. The van der Waals surface area contributed by atoms with Crippen LogP contribution in [-0.2, 0) is 4.79 Å². The second kappa shape index (κ2) is 5.90. The van der Waals surface area contributed by atoms with Gasteiger partial charge < -0.3 is 5.32 Å². The van der Waals surface area contributed by atoms with Crippen LogP contribution in [-0.4, -0.2) is 21.5 Å². The molecule has 0 saturated heterocycles. The zero-order valence-corrected chi connectivity index (χ0v) is 12.0. The fraction of sp³-hybridized carbons (Fsp3) is 0.312. The minimum Gasteiger partial charge on any atom is -0.326 e. The Morgan fingerprint density at radius 1 is 1.18 bits per heavy atom. The summed E-state index contributed by atoms with van der Waals surface area (Å²) in [6, 6.07) is 5.45. The maximum Gasteiger partial charge on any atom is 0.224 e. The van der Waals surface area contributed by atoms with E-state index in [1.807, 2.05) is 12.1 Å². The number of amides is 1. The summed E-state index contributed by atoms with van der Waals surface area (Å²) < 4.78 is 0. The van der Waals surface area contributed by atoms with Crippen molar-refractivity contribution >= 4 is 22.6 Å². The molecular formula is C16H15N5O. The van der Waals surface area contributed by atoms with Gasteiger partial charge in [0.1, 0.15) is 0 Å². The number of carbonyl (C=O) groups is 1. The maximum absolute atomic E-state index is 12.0. The predicted octanol–water partition coefficient (Wildman–Crippen LogP) is 2.92. The molecule has 2 heterocycles. The van der Waals surface area contributed by atoms with Gasteiger partial charge in [0, 0.05) is 43.8 Å². The molecular weight excluding hydrogens is 278 g/mol. The van der Waals surface area contributed by atoms with Crippen LogP contribution in [0, 0.1) is 12.3 Å². The Labute approximate surface area is 128 Å². The number of rotatable bonds is 6. The molecule has 0 bridgehead atoms. The van der Waals surface area contributed by atoms with E-state index >= 15 is 0 Å².